The molecule has 4 fully saturated rings. The molecule has 0 N–H and O–H groups in total. The van der Waals surface area contributed by atoms with Gasteiger partial charge in [-0.25, -0.2) is 0 Å². The highest BCUT2D eigenvalue weighted by Crippen LogP contribution is 2.68. The zero-order valence-corrected chi connectivity index (χ0v) is 22.9. The van der Waals surface area contributed by atoms with Gasteiger partial charge in [0.25, 0.3) is 0 Å². The van der Waals surface area contributed by atoms with Gasteiger partial charge in [-0.3, -0.25) is 0 Å². The van der Waals surface area contributed by atoms with Crippen LogP contribution in [0.4, 0.5) is 0 Å². The predicted molar refractivity (Wildman–Crippen MR) is 141 cm³/mol. The Bertz CT molecular complexity index is 593. The van der Waals surface area contributed by atoms with Crippen molar-refractivity contribution in [2.24, 2.45) is 58.2 Å². The van der Waals surface area contributed by atoms with Gasteiger partial charge < -0.3 is 0 Å². The van der Waals surface area contributed by atoms with Crippen LogP contribution in [-0.2, 0) is 0 Å². The van der Waals surface area contributed by atoms with E-state index in [4.69, 9.17) is 0 Å². The van der Waals surface area contributed by atoms with Crippen LogP contribution in [0, 0.1) is 58.2 Å². The molecule has 0 radical (unpaired) electrons. The Morgan fingerprint density at radius 3 is 2.25 bits per heavy atom. The van der Waals surface area contributed by atoms with Crippen molar-refractivity contribution in [2.45, 2.75) is 144 Å². The van der Waals surface area contributed by atoms with Gasteiger partial charge in [-0.2, -0.15) is 0 Å². The molecular formula is C32H58. The average molecular weight is 443 g/mol. The first kappa shape index (κ1) is 25.1. The van der Waals surface area contributed by atoms with Crippen LogP contribution < -0.4 is 0 Å². The van der Waals surface area contributed by atoms with Gasteiger partial charge in [0.15, 0.2) is 0 Å². The maximum Gasteiger partial charge on any atom is -0.0264 e. The SMILES string of the molecule is CCCC(C)CC(C)CCC[C@@H](C)[C@H]1CC[C@H]2[C@@H]3CCC4CCCC[C@]4(C)[C@H]3CC[C@]12C. The molecule has 0 aliphatic heterocycles. The van der Waals surface area contributed by atoms with E-state index >= 15 is 0 Å². The van der Waals surface area contributed by atoms with Crippen molar-refractivity contribution in [3.05, 3.63) is 0 Å². The van der Waals surface area contributed by atoms with Gasteiger partial charge in [-0.1, -0.05) is 86.5 Å². The second-order valence-electron chi connectivity index (χ2n) is 14.3. The summed E-state index contributed by atoms with van der Waals surface area (Å²) in [6, 6.07) is 0. The highest BCUT2D eigenvalue weighted by Gasteiger charge is 2.60. The molecule has 0 aromatic heterocycles. The lowest BCUT2D eigenvalue weighted by Crippen LogP contribution is -2.53. The van der Waals surface area contributed by atoms with Crippen LogP contribution in [0.25, 0.3) is 0 Å². The maximum atomic E-state index is 2.77. The molecule has 4 aliphatic rings. The fourth-order valence-corrected chi connectivity index (χ4v) is 10.7. The van der Waals surface area contributed by atoms with E-state index in [-0.39, 0.29) is 0 Å². The highest BCUT2D eigenvalue weighted by molar-refractivity contribution is 5.09. The topological polar surface area (TPSA) is 0 Å². The van der Waals surface area contributed by atoms with Crippen molar-refractivity contribution >= 4 is 0 Å². The Morgan fingerprint density at radius 2 is 1.47 bits per heavy atom. The Kier molecular flexibility index (Phi) is 8.09. The number of rotatable bonds is 9. The van der Waals surface area contributed by atoms with E-state index in [0.717, 1.165) is 47.3 Å². The lowest BCUT2D eigenvalue weighted by atomic mass is 9.44. The summed E-state index contributed by atoms with van der Waals surface area (Å²) >= 11 is 0. The largest absolute Gasteiger partial charge is 0.0654 e. The summed E-state index contributed by atoms with van der Waals surface area (Å²) in [5.74, 6) is 8.09. The lowest BCUT2D eigenvalue weighted by Gasteiger charge is -2.61. The molecule has 10 atom stereocenters. The molecule has 0 aromatic rings. The van der Waals surface area contributed by atoms with Crippen LogP contribution >= 0.6 is 0 Å². The molecule has 186 valence electrons. The molecule has 0 amide bonds. The maximum absolute atomic E-state index is 2.77. The molecule has 0 bridgehead atoms. The summed E-state index contributed by atoms with van der Waals surface area (Å²) in [5, 5.41) is 0. The molecule has 0 aromatic carbocycles. The van der Waals surface area contributed by atoms with Crippen molar-refractivity contribution in [3.8, 4) is 0 Å². The van der Waals surface area contributed by atoms with Crippen molar-refractivity contribution < 1.29 is 0 Å². The first-order valence-corrected chi connectivity index (χ1v) is 15.3. The van der Waals surface area contributed by atoms with Crippen LogP contribution in [0.2, 0.25) is 0 Å². The van der Waals surface area contributed by atoms with E-state index in [2.05, 4.69) is 41.5 Å². The van der Waals surface area contributed by atoms with Gasteiger partial charge in [0.1, 0.15) is 0 Å². The molecule has 32 heavy (non-hydrogen) atoms. The first-order chi connectivity index (χ1) is 15.3. The molecule has 0 spiro atoms. The zero-order chi connectivity index (χ0) is 22.9. The van der Waals surface area contributed by atoms with Gasteiger partial charge in [0.05, 0.1) is 0 Å². The summed E-state index contributed by atoms with van der Waals surface area (Å²) in [6.07, 6.45) is 24.2. The second kappa shape index (κ2) is 10.3. The molecule has 4 aliphatic carbocycles. The first-order valence-electron chi connectivity index (χ1n) is 15.3. The van der Waals surface area contributed by atoms with Gasteiger partial charge >= 0.3 is 0 Å². The van der Waals surface area contributed by atoms with Crippen LogP contribution in [0.1, 0.15) is 144 Å². The third kappa shape index (κ3) is 4.73. The summed E-state index contributed by atoms with van der Waals surface area (Å²) < 4.78 is 0. The Hall–Kier alpha value is 0. The highest BCUT2D eigenvalue weighted by atomic mass is 14.6. The van der Waals surface area contributed by atoms with Gasteiger partial charge in [0.2, 0.25) is 0 Å². The third-order valence-electron chi connectivity index (χ3n) is 12.3. The van der Waals surface area contributed by atoms with E-state index in [9.17, 15) is 0 Å². The second-order valence-corrected chi connectivity index (χ2v) is 14.3. The van der Waals surface area contributed by atoms with E-state index < -0.39 is 0 Å². The van der Waals surface area contributed by atoms with Gasteiger partial charge in [-0.15, -0.1) is 0 Å². The van der Waals surface area contributed by atoms with Crippen molar-refractivity contribution in [3.63, 3.8) is 0 Å². The summed E-state index contributed by atoms with van der Waals surface area (Å²) in [4.78, 5) is 0. The minimum Gasteiger partial charge on any atom is -0.0654 e. The van der Waals surface area contributed by atoms with Gasteiger partial charge in [-0.05, 0) is 116 Å². The third-order valence-corrected chi connectivity index (χ3v) is 12.3. The Labute approximate surface area is 202 Å². The zero-order valence-electron chi connectivity index (χ0n) is 22.9. The van der Waals surface area contributed by atoms with Crippen LogP contribution in [0.15, 0.2) is 0 Å². The molecule has 0 heterocycles. The fourth-order valence-electron chi connectivity index (χ4n) is 10.7. The smallest absolute Gasteiger partial charge is 0.0264 e. The van der Waals surface area contributed by atoms with Crippen molar-refractivity contribution in [1.29, 1.82) is 0 Å². The van der Waals surface area contributed by atoms with E-state index in [1.54, 1.807) is 51.4 Å². The summed E-state index contributed by atoms with van der Waals surface area (Å²) in [7, 11) is 0. The van der Waals surface area contributed by atoms with E-state index in [1.165, 1.54) is 51.4 Å². The summed E-state index contributed by atoms with van der Waals surface area (Å²) in [5.41, 5.74) is 1.37. The number of fused-ring (bicyclic) bond motifs is 5. The predicted octanol–water partition coefficient (Wildman–Crippen LogP) is 10.3. The minimum atomic E-state index is 0.666. The monoisotopic (exact) mass is 442 g/mol. The Balaban J connectivity index is 1.32. The Morgan fingerprint density at radius 1 is 0.719 bits per heavy atom. The van der Waals surface area contributed by atoms with Gasteiger partial charge in [0, 0.05) is 0 Å². The van der Waals surface area contributed by atoms with Crippen LogP contribution in [-0.4, -0.2) is 0 Å². The minimum absolute atomic E-state index is 0.666. The quantitative estimate of drug-likeness (QED) is 0.333. The van der Waals surface area contributed by atoms with Crippen molar-refractivity contribution in [1.82, 2.24) is 0 Å². The number of hydrogen-bond acceptors (Lipinski definition) is 0. The summed E-state index contributed by atoms with van der Waals surface area (Å²) in [6.45, 7) is 15.5. The molecule has 4 rings (SSSR count). The lowest BCUT2D eigenvalue weighted by molar-refractivity contribution is -0.114. The molecule has 0 saturated heterocycles. The standard InChI is InChI=1S/C32H58/c1-7-11-23(2)22-24(3)12-10-13-25(4)28-17-18-29-27-16-15-26-14-8-9-20-31(26,5)30(27)19-21-32(28,29)6/h23-30H,7-22H2,1-6H3/t23?,24?,25-,26?,27+,28-,29+,30+,31+,32-/m1/s1. The van der Waals surface area contributed by atoms with Crippen molar-refractivity contribution in [2.75, 3.05) is 0 Å². The average Bonchev–Trinajstić information content (AvgIpc) is 3.10. The van der Waals surface area contributed by atoms with Crippen LogP contribution in [0.3, 0.4) is 0 Å². The normalized spacial score (nSPS) is 44.2. The molecule has 0 heteroatoms. The molecule has 4 saturated carbocycles. The fraction of sp³-hybridized carbons (Fsp3) is 1.00. The molecule has 0 nitrogen and oxygen atoms in total. The number of hydrogen-bond donors (Lipinski definition) is 0. The van der Waals surface area contributed by atoms with E-state index in [0.29, 0.717) is 10.8 Å². The molecule has 3 unspecified atom stereocenters. The van der Waals surface area contributed by atoms with Crippen LogP contribution in [0.5, 0.6) is 0 Å². The van der Waals surface area contributed by atoms with E-state index in [1.807, 2.05) is 0 Å². The molecular weight excluding hydrogens is 384 g/mol.